The molecular weight excluding hydrogens is 298 g/mol. The van der Waals surface area contributed by atoms with Crippen molar-refractivity contribution in [3.63, 3.8) is 0 Å². The van der Waals surface area contributed by atoms with Crippen LogP contribution in [0.25, 0.3) is 0 Å². The zero-order chi connectivity index (χ0) is 14.9. The van der Waals surface area contributed by atoms with Gasteiger partial charge in [0.15, 0.2) is 0 Å². The van der Waals surface area contributed by atoms with Crippen LogP contribution in [0, 0.1) is 6.92 Å². The fourth-order valence-corrected chi connectivity index (χ4v) is 3.60. The lowest BCUT2D eigenvalue weighted by Gasteiger charge is -2.28. The first-order valence-electron chi connectivity index (χ1n) is 6.48. The summed E-state index contributed by atoms with van der Waals surface area (Å²) < 4.78 is 0. The molecular formula is C13H18ClN3O2S. The molecule has 0 bridgehead atoms. The van der Waals surface area contributed by atoms with E-state index in [2.05, 4.69) is 10.3 Å². The maximum absolute atomic E-state index is 12.0. The number of carbonyl (C=O) groups is 2. The molecule has 1 fully saturated rings. The maximum atomic E-state index is 12.0. The number of aryl methyl sites for hydroxylation is 1. The molecule has 2 rings (SSSR count). The molecule has 1 aliphatic heterocycles. The standard InChI is InChI=1S/C13H18ClN3O2S/c1-8-6-20-12(15-8)13(16-10(3)18)4-5-17(7-13)11(19)9(2)14/h6,9H,4-5,7H2,1-3H3,(H,16,18). The summed E-state index contributed by atoms with van der Waals surface area (Å²) in [6, 6.07) is 0. The van der Waals surface area contributed by atoms with Gasteiger partial charge in [-0.05, 0) is 20.3 Å². The van der Waals surface area contributed by atoms with Crippen molar-refractivity contribution in [1.29, 1.82) is 0 Å². The molecule has 2 amide bonds. The minimum absolute atomic E-state index is 0.104. The maximum Gasteiger partial charge on any atom is 0.240 e. The molecule has 0 radical (unpaired) electrons. The minimum atomic E-state index is -0.577. The summed E-state index contributed by atoms with van der Waals surface area (Å²) in [7, 11) is 0. The molecule has 1 aromatic rings. The summed E-state index contributed by atoms with van der Waals surface area (Å²) in [5.41, 5.74) is 0.344. The van der Waals surface area contributed by atoms with Crippen LogP contribution in [0.4, 0.5) is 0 Å². The molecule has 1 aliphatic rings. The molecule has 110 valence electrons. The van der Waals surface area contributed by atoms with Gasteiger partial charge in [-0.1, -0.05) is 0 Å². The Morgan fingerprint density at radius 3 is 2.80 bits per heavy atom. The van der Waals surface area contributed by atoms with E-state index < -0.39 is 10.9 Å². The zero-order valence-electron chi connectivity index (χ0n) is 11.8. The van der Waals surface area contributed by atoms with E-state index in [1.807, 2.05) is 12.3 Å². The molecule has 1 saturated heterocycles. The highest BCUT2D eigenvalue weighted by Gasteiger charge is 2.44. The van der Waals surface area contributed by atoms with Crippen LogP contribution in [-0.2, 0) is 15.1 Å². The van der Waals surface area contributed by atoms with Crippen molar-refractivity contribution in [2.24, 2.45) is 0 Å². The number of hydrogen-bond acceptors (Lipinski definition) is 4. The van der Waals surface area contributed by atoms with Crippen LogP contribution in [0.1, 0.15) is 31.0 Å². The third-order valence-corrected chi connectivity index (χ3v) is 4.72. The average molecular weight is 316 g/mol. The third kappa shape index (κ3) is 2.96. The molecule has 5 nitrogen and oxygen atoms in total. The van der Waals surface area contributed by atoms with Gasteiger partial charge in [0.25, 0.3) is 0 Å². The van der Waals surface area contributed by atoms with Gasteiger partial charge in [0, 0.05) is 24.5 Å². The Bertz CT molecular complexity index is 531. The van der Waals surface area contributed by atoms with Crippen LogP contribution in [-0.4, -0.2) is 40.2 Å². The molecule has 1 aromatic heterocycles. The summed E-state index contributed by atoms with van der Waals surface area (Å²) in [5.74, 6) is -0.224. The quantitative estimate of drug-likeness (QED) is 0.863. The van der Waals surface area contributed by atoms with Crippen LogP contribution < -0.4 is 5.32 Å². The number of nitrogens with zero attached hydrogens (tertiary/aromatic N) is 2. The Morgan fingerprint density at radius 2 is 2.30 bits per heavy atom. The lowest BCUT2D eigenvalue weighted by atomic mass is 9.99. The summed E-state index contributed by atoms with van der Waals surface area (Å²) in [6.45, 7) is 6.07. The summed E-state index contributed by atoms with van der Waals surface area (Å²) in [4.78, 5) is 29.7. The molecule has 7 heteroatoms. The number of nitrogens with one attached hydrogen (secondary N) is 1. The highest BCUT2D eigenvalue weighted by molar-refractivity contribution is 7.09. The van der Waals surface area contributed by atoms with Crippen molar-refractivity contribution in [3.05, 3.63) is 16.1 Å². The van der Waals surface area contributed by atoms with Crippen molar-refractivity contribution in [2.45, 2.75) is 38.1 Å². The summed E-state index contributed by atoms with van der Waals surface area (Å²) in [6.07, 6.45) is 0.662. The van der Waals surface area contributed by atoms with Gasteiger partial charge < -0.3 is 10.2 Å². The van der Waals surface area contributed by atoms with E-state index in [1.165, 1.54) is 18.3 Å². The number of likely N-dealkylation sites (tertiary alicyclic amines) is 1. The summed E-state index contributed by atoms with van der Waals surface area (Å²) >= 11 is 7.38. The van der Waals surface area contributed by atoms with E-state index in [4.69, 9.17) is 11.6 Å². The van der Waals surface area contributed by atoms with Gasteiger partial charge in [0.1, 0.15) is 15.9 Å². The van der Waals surface area contributed by atoms with Gasteiger partial charge in [-0.3, -0.25) is 9.59 Å². The van der Waals surface area contributed by atoms with E-state index in [0.29, 0.717) is 19.5 Å². The first-order chi connectivity index (χ1) is 9.34. The zero-order valence-corrected chi connectivity index (χ0v) is 13.3. The second-order valence-corrected chi connectivity index (χ2v) is 6.70. The molecule has 2 unspecified atom stereocenters. The fraction of sp³-hybridized carbons (Fsp3) is 0.615. The first kappa shape index (κ1) is 15.3. The summed E-state index contributed by atoms with van der Waals surface area (Å²) in [5, 5.41) is 5.23. The Morgan fingerprint density at radius 1 is 1.60 bits per heavy atom. The van der Waals surface area contributed by atoms with Gasteiger partial charge in [-0.2, -0.15) is 0 Å². The van der Waals surface area contributed by atoms with Gasteiger partial charge in [0.05, 0.1) is 6.54 Å². The topological polar surface area (TPSA) is 62.3 Å². The molecule has 20 heavy (non-hydrogen) atoms. The molecule has 0 saturated carbocycles. The van der Waals surface area contributed by atoms with Crippen LogP contribution in [0.5, 0.6) is 0 Å². The van der Waals surface area contributed by atoms with Crippen molar-refractivity contribution >= 4 is 34.8 Å². The van der Waals surface area contributed by atoms with E-state index in [9.17, 15) is 9.59 Å². The Labute approximate surface area is 127 Å². The predicted octanol–water partition coefficient (Wildman–Crippen LogP) is 1.64. The normalized spacial score (nSPS) is 23.7. The molecule has 2 atom stereocenters. The number of thiazole rings is 1. The van der Waals surface area contributed by atoms with Crippen LogP contribution in [0.15, 0.2) is 5.38 Å². The second kappa shape index (κ2) is 5.69. The lowest BCUT2D eigenvalue weighted by Crippen LogP contribution is -2.48. The number of aromatic nitrogens is 1. The van der Waals surface area contributed by atoms with Crippen molar-refractivity contribution < 1.29 is 9.59 Å². The number of rotatable bonds is 3. The first-order valence-corrected chi connectivity index (χ1v) is 7.80. The van der Waals surface area contributed by atoms with Crippen LogP contribution in [0.3, 0.4) is 0 Å². The van der Waals surface area contributed by atoms with E-state index in [1.54, 1.807) is 11.8 Å². The molecule has 0 aromatic carbocycles. The lowest BCUT2D eigenvalue weighted by molar-refractivity contribution is -0.130. The van der Waals surface area contributed by atoms with Gasteiger partial charge in [0.2, 0.25) is 11.8 Å². The van der Waals surface area contributed by atoms with Crippen molar-refractivity contribution in [1.82, 2.24) is 15.2 Å². The molecule has 2 heterocycles. The number of carbonyl (C=O) groups excluding carboxylic acids is 2. The Kier molecular flexibility index (Phi) is 4.34. The van der Waals surface area contributed by atoms with E-state index in [0.717, 1.165) is 10.7 Å². The van der Waals surface area contributed by atoms with E-state index in [-0.39, 0.29) is 11.8 Å². The van der Waals surface area contributed by atoms with Crippen molar-refractivity contribution in [3.8, 4) is 0 Å². The molecule has 0 spiro atoms. The smallest absolute Gasteiger partial charge is 0.240 e. The SMILES string of the molecule is CC(=O)NC1(c2nc(C)cs2)CCN(C(=O)C(C)Cl)C1. The largest absolute Gasteiger partial charge is 0.343 e. The third-order valence-electron chi connectivity index (χ3n) is 3.36. The highest BCUT2D eigenvalue weighted by atomic mass is 35.5. The monoisotopic (exact) mass is 315 g/mol. The van der Waals surface area contributed by atoms with Crippen LogP contribution in [0.2, 0.25) is 0 Å². The minimum Gasteiger partial charge on any atom is -0.343 e. The number of halogens is 1. The van der Waals surface area contributed by atoms with Gasteiger partial charge >= 0.3 is 0 Å². The number of hydrogen-bond donors (Lipinski definition) is 1. The van der Waals surface area contributed by atoms with Gasteiger partial charge in [-0.25, -0.2) is 4.98 Å². The highest BCUT2D eigenvalue weighted by Crippen LogP contribution is 2.34. The molecule has 1 N–H and O–H groups in total. The van der Waals surface area contributed by atoms with Gasteiger partial charge in [-0.15, -0.1) is 22.9 Å². The fourth-order valence-electron chi connectivity index (χ4n) is 2.49. The Balaban J connectivity index is 2.27. The van der Waals surface area contributed by atoms with E-state index >= 15 is 0 Å². The number of alkyl halides is 1. The molecule has 0 aliphatic carbocycles. The van der Waals surface area contributed by atoms with Crippen molar-refractivity contribution in [2.75, 3.05) is 13.1 Å². The van der Waals surface area contributed by atoms with Crippen LogP contribution >= 0.6 is 22.9 Å². The predicted molar refractivity (Wildman–Crippen MR) is 78.9 cm³/mol. The second-order valence-electron chi connectivity index (χ2n) is 5.18. The Hall–Kier alpha value is -1.14. The number of amides is 2. The average Bonchev–Trinajstić information content (AvgIpc) is 2.95.